The van der Waals surface area contributed by atoms with Crippen molar-refractivity contribution >= 4 is 0 Å². The normalized spacial score (nSPS) is 17.6. The van der Waals surface area contributed by atoms with Crippen molar-refractivity contribution in [2.24, 2.45) is 5.92 Å². The van der Waals surface area contributed by atoms with Gasteiger partial charge in [0.2, 0.25) is 0 Å². The number of benzene rings is 1. The highest BCUT2D eigenvalue weighted by atomic mass is 14.2. The average Bonchev–Trinajstić information content (AvgIpc) is 2.79. The van der Waals surface area contributed by atoms with E-state index in [1.807, 2.05) is 0 Å². The molecule has 15 heavy (non-hydrogen) atoms. The zero-order valence-corrected chi connectivity index (χ0v) is 9.23. The zero-order valence-electron chi connectivity index (χ0n) is 9.23. The van der Waals surface area contributed by atoms with Gasteiger partial charge in [-0.25, -0.2) is 0 Å². The molecule has 0 aliphatic heterocycles. The topological polar surface area (TPSA) is 0 Å². The molecule has 0 saturated heterocycles. The Morgan fingerprint density at radius 3 is 2.53 bits per heavy atom. The second-order valence-electron chi connectivity index (χ2n) is 4.32. The summed E-state index contributed by atoms with van der Waals surface area (Å²) in [6, 6.07) is 10.6. The van der Waals surface area contributed by atoms with Crippen LogP contribution in [0, 0.1) is 12.3 Å². The SMILES string of the molecule is [CH](C/C=C/C1CCCC1)c1ccccc1. The van der Waals surface area contributed by atoms with E-state index in [-0.39, 0.29) is 0 Å². The van der Waals surface area contributed by atoms with Crippen molar-refractivity contribution in [3.63, 3.8) is 0 Å². The van der Waals surface area contributed by atoms with E-state index in [1.165, 1.54) is 31.2 Å². The Balaban J connectivity index is 1.70. The largest absolute Gasteiger partial charge is 0.0876 e. The summed E-state index contributed by atoms with van der Waals surface area (Å²) in [7, 11) is 0. The lowest BCUT2D eigenvalue weighted by molar-refractivity contribution is 0.684. The van der Waals surface area contributed by atoms with Gasteiger partial charge in [0, 0.05) is 0 Å². The molecule has 0 aromatic heterocycles. The van der Waals surface area contributed by atoms with Gasteiger partial charge in [0.1, 0.15) is 0 Å². The molecule has 1 fully saturated rings. The van der Waals surface area contributed by atoms with Crippen LogP contribution in [0.25, 0.3) is 0 Å². The second-order valence-corrected chi connectivity index (χ2v) is 4.32. The van der Waals surface area contributed by atoms with E-state index in [9.17, 15) is 0 Å². The highest BCUT2D eigenvalue weighted by molar-refractivity contribution is 5.23. The van der Waals surface area contributed by atoms with Crippen LogP contribution in [-0.4, -0.2) is 0 Å². The first-order chi connectivity index (χ1) is 7.45. The standard InChI is InChI=1S/C15H19/c1-2-8-14(9-3-1)10-4-5-11-15-12-6-7-13-15/h1-3,5,8-11,15H,4,6-7,12-13H2/b11-5+. The van der Waals surface area contributed by atoms with Crippen molar-refractivity contribution in [1.29, 1.82) is 0 Å². The van der Waals surface area contributed by atoms with Crippen molar-refractivity contribution in [3.05, 3.63) is 54.5 Å². The van der Waals surface area contributed by atoms with Gasteiger partial charge in [0.25, 0.3) is 0 Å². The zero-order chi connectivity index (χ0) is 10.3. The lowest BCUT2D eigenvalue weighted by atomic mass is 10.1. The summed E-state index contributed by atoms with van der Waals surface area (Å²) in [5.41, 5.74) is 1.33. The van der Waals surface area contributed by atoms with Gasteiger partial charge in [-0.1, -0.05) is 55.3 Å². The Kier molecular flexibility index (Phi) is 4.01. The molecule has 0 unspecified atom stereocenters. The van der Waals surface area contributed by atoms with Gasteiger partial charge in [0.05, 0.1) is 0 Å². The van der Waals surface area contributed by atoms with Gasteiger partial charge < -0.3 is 0 Å². The lowest BCUT2D eigenvalue weighted by Crippen LogP contribution is -1.85. The number of hydrogen-bond donors (Lipinski definition) is 0. The van der Waals surface area contributed by atoms with E-state index in [0.29, 0.717) is 0 Å². The van der Waals surface area contributed by atoms with E-state index in [0.717, 1.165) is 12.3 Å². The minimum Gasteiger partial charge on any atom is -0.0876 e. The number of hydrogen-bond acceptors (Lipinski definition) is 0. The van der Waals surface area contributed by atoms with Crippen molar-refractivity contribution < 1.29 is 0 Å². The van der Waals surface area contributed by atoms with Crippen molar-refractivity contribution in [2.75, 3.05) is 0 Å². The van der Waals surface area contributed by atoms with Crippen molar-refractivity contribution in [3.8, 4) is 0 Å². The van der Waals surface area contributed by atoms with Gasteiger partial charge in [0.15, 0.2) is 0 Å². The summed E-state index contributed by atoms with van der Waals surface area (Å²) >= 11 is 0. The van der Waals surface area contributed by atoms with Gasteiger partial charge in [-0.3, -0.25) is 0 Å². The fourth-order valence-corrected chi connectivity index (χ4v) is 2.21. The third-order valence-electron chi connectivity index (χ3n) is 3.10. The first kappa shape index (κ1) is 10.5. The Morgan fingerprint density at radius 1 is 1.07 bits per heavy atom. The Morgan fingerprint density at radius 2 is 1.80 bits per heavy atom. The van der Waals surface area contributed by atoms with Crippen LogP contribution in [0.4, 0.5) is 0 Å². The smallest absolute Gasteiger partial charge is 0.00556 e. The van der Waals surface area contributed by atoms with E-state index in [1.54, 1.807) is 0 Å². The molecule has 0 N–H and O–H groups in total. The molecule has 1 saturated carbocycles. The van der Waals surface area contributed by atoms with Crippen molar-refractivity contribution in [1.82, 2.24) is 0 Å². The Hall–Kier alpha value is -1.04. The fourth-order valence-electron chi connectivity index (χ4n) is 2.21. The maximum Gasteiger partial charge on any atom is -0.00556 e. The van der Waals surface area contributed by atoms with Gasteiger partial charge in [-0.2, -0.15) is 0 Å². The van der Waals surface area contributed by atoms with Crippen LogP contribution >= 0.6 is 0 Å². The molecule has 1 aromatic carbocycles. The third-order valence-corrected chi connectivity index (χ3v) is 3.10. The Bertz CT molecular complexity index is 291. The minimum atomic E-state index is 0.870. The number of allylic oxidation sites excluding steroid dienone is 2. The quantitative estimate of drug-likeness (QED) is 0.631. The van der Waals surface area contributed by atoms with Crippen molar-refractivity contribution in [2.45, 2.75) is 32.1 Å². The van der Waals surface area contributed by atoms with Crippen LogP contribution < -0.4 is 0 Å². The molecule has 0 heteroatoms. The summed E-state index contributed by atoms with van der Waals surface area (Å²) in [6.07, 6.45) is 13.7. The van der Waals surface area contributed by atoms with Crippen LogP contribution in [0.2, 0.25) is 0 Å². The van der Waals surface area contributed by atoms with Crippen LogP contribution in [0.5, 0.6) is 0 Å². The molecular weight excluding hydrogens is 180 g/mol. The molecule has 1 radical (unpaired) electrons. The maximum absolute atomic E-state index is 2.41. The lowest BCUT2D eigenvalue weighted by Gasteiger charge is -2.00. The van der Waals surface area contributed by atoms with E-state index < -0.39 is 0 Å². The van der Waals surface area contributed by atoms with Gasteiger partial charge >= 0.3 is 0 Å². The van der Waals surface area contributed by atoms with Crippen LogP contribution in [0.1, 0.15) is 37.7 Å². The van der Waals surface area contributed by atoms with Crippen LogP contribution in [-0.2, 0) is 0 Å². The van der Waals surface area contributed by atoms with Crippen LogP contribution in [0.3, 0.4) is 0 Å². The molecule has 2 rings (SSSR count). The van der Waals surface area contributed by atoms with Gasteiger partial charge in [-0.15, -0.1) is 0 Å². The molecule has 0 bridgehead atoms. The fraction of sp³-hybridized carbons (Fsp3) is 0.400. The van der Waals surface area contributed by atoms with Crippen LogP contribution in [0.15, 0.2) is 42.5 Å². The predicted octanol–water partition coefficient (Wildman–Crippen LogP) is 4.38. The molecule has 79 valence electrons. The maximum atomic E-state index is 2.41. The minimum absolute atomic E-state index is 0.870. The molecule has 0 heterocycles. The van der Waals surface area contributed by atoms with Gasteiger partial charge in [-0.05, 0) is 37.2 Å². The first-order valence-corrected chi connectivity index (χ1v) is 6.00. The monoisotopic (exact) mass is 199 g/mol. The second kappa shape index (κ2) is 5.75. The first-order valence-electron chi connectivity index (χ1n) is 6.00. The molecule has 1 aliphatic rings. The summed E-state index contributed by atoms with van der Waals surface area (Å²) < 4.78 is 0. The summed E-state index contributed by atoms with van der Waals surface area (Å²) in [5.74, 6) is 0.870. The Labute approximate surface area is 93.0 Å². The molecule has 1 aromatic rings. The third kappa shape index (κ3) is 3.54. The van der Waals surface area contributed by atoms with E-state index >= 15 is 0 Å². The molecule has 0 amide bonds. The number of rotatable bonds is 4. The molecule has 1 aliphatic carbocycles. The molecule has 0 atom stereocenters. The van der Waals surface area contributed by atoms with E-state index in [4.69, 9.17) is 0 Å². The summed E-state index contributed by atoms with van der Waals surface area (Å²) in [6.45, 7) is 0. The average molecular weight is 199 g/mol. The predicted molar refractivity (Wildman–Crippen MR) is 65.6 cm³/mol. The molecule has 0 nitrogen and oxygen atoms in total. The highest BCUT2D eigenvalue weighted by Gasteiger charge is 2.10. The molecule has 0 spiro atoms. The highest BCUT2D eigenvalue weighted by Crippen LogP contribution is 2.25. The summed E-state index contributed by atoms with van der Waals surface area (Å²) in [5, 5.41) is 0. The molecular formula is C15H19. The van der Waals surface area contributed by atoms with E-state index in [2.05, 4.69) is 48.9 Å². The summed E-state index contributed by atoms with van der Waals surface area (Å²) in [4.78, 5) is 0.